The summed E-state index contributed by atoms with van der Waals surface area (Å²) in [6.07, 6.45) is 0. The average molecular weight is 445 g/mol. The minimum absolute atomic E-state index is 0.702. The lowest BCUT2D eigenvalue weighted by molar-refractivity contribution is 0.355. The van der Waals surface area contributed by atoms with Crippen molar-refractivity contribution in [2.24, 2.45) is 0 Å². The van der Waals surface area contributed by atoms with E-state index in [4.69, 9.17) is 14.5 Å². The number of thiophene rings is 1. The summed E-state index contributed by atoms with van der Waals surface area (Å²) in [6, 6.07) is 9.96. The highest BCUT2D eigenvalue weighted by Gasteiger charge is 2.15. The van der Waals surface area contributed by atoms with Gasteiger partial charge in [-0.15, -0.1) is 32.9 Å². The van der Waals surface area contributed by atoms with Crippen LogP contribution >= 0.6 is 34.4 Å². The molecule has 4 rings (SSSR count). The predicted octanol–water partition coefficient (Wildman–Crippen LogP) is 5.46. The summed E-state index contributed by atoms with van der Waals surface area (Å²) in [6.45, 7) is 2.94. The van der Waals surface area contributed by atoms with Gasteiger partial charge in [-0.3, -0.25) is 0 Å². The second-order valence-corrected chi connectivity index (χ2v) is 8.78. The molecule has 0 N–H and O–H groups in total. The van der Waals surface area contributed by atoms with Crippen LogP contribution in [0.5, 0.6) is 11.5 Å². The molecular weight excluding hydrogens is 424 g/mol. The molecule has 0 radical (unpaired) electrons. The topological polar surface area (TPSA) is 62.1 Å². The van der Waals surface area contributed by atoms with E-state index in [0.717, 1.165) is 44.4 Å². The van der Waals surface area contributed by atoms with E-state index >= 15 is 0 Å². The van der Waals surface area contributed by atoms with Crippen molar-refractivity contribution in [3.63, 3.8) is 0 Å². The zero-order chi connectivity index (χ0) is 20.2. The Morgan fingerprint density at radius 1 is 1.07 bits per heavy atom. The Kier molecular flexibility index (Phi) is 6.17. The monoisotopic (exact) mass is 444 g/mol. The van der Waals surface area contributed by atoms with Crippen LogP contribution in [-0.2, 0) is 12.3 Å². The van der Waals surface area contributed by atoms with Crippen LogP contribution < -0.4 is 9.47 Å². The van der Waals surface area contributed by atoms with Gasteiger partial charge in [0.1, 0.15) is 5.01 Å². The van der Waals surface area contributed by atoms with Crippen LogP contribution in [0.15, 0.2) is 46.2 Å². The highest BCUT2D eigenvalue weighted by molar-refractivity contribution is 7.98. The fourth-order valence-corrected chi connectivity index (χ4v) is 5.42. The van der Waals surface area contributed by atoms with Gasteiger partial charge in [0, 0.05) is 23.2 Å². The number of hydrogen-bond donors (Lipinski definition) is 0. The zero-order valence-corrected chi connectivity index (χ0v) is 18.7. The van der Waals surface area contributed by atoms with Crippen LogP contribution in [0, 0.1) is 0 Å². The van der Waals surface area contributed by atoms with Crippen LogP contribution in [-0.4, -0.2) is 34.0 Å². The van der Waals surface area contributed by atoms with Gasteiger partial charge < -0.3 is 14.0 Å². The normalized spacial score (nSPS) is 11.0. The Labute approximate surface area is 181 Å². The molecule has 1 aromatic carbocycles. The molecule has 0 unspecified atom stereocenters. The van der Waals surface area contributed by atoms with Crippen molar-refractivity contribution in [2.75, 3.05) is 14.2 Å². The van der Waals surface area contributed by atoms with E-state index in [-0.39, 0.29) is 0 Å². The highest BCUT2D eigenvalue weighted by atomic mass is 32.2. The molecule has 0 bridgehead atoms. The number of methoxy groups -OCH3 is 2. The van der Waals surface area contributed by atoms with Gasteiger partial charge in [-0.2, -0.15) is 0 Å². The van der Waals surface area contributed by atoms with Gasteiger partial charge in [-0.1, -0.05) is 17.8 Å². The number of hydrogen-bond acceptors (Lipinski definition) is 8. The molecule has 0 atom stereocenters. The minimum atomic E-state index is 0.702. The molecule has 0 amide bonds. The van der Waals surface area contributed by atoms with E-state index < -0.39 is 0 Å². The Morgan fingerprint density at radius 2 is 1.93 bits per heavy atom. The van der Waals surface area contributed by atoms with Gasteiger partial charge in [-0.05, 0) is 36.6 Å². The lowest BCUT2D eigenvalue weighted by Crippen LogP contribution is -1.99. The molecule has 0 fully saturated rings. The molecule has 0 saturated carbocycles. The average Bonchev–Trinajstić information content (AvgIpc) is 3.51. The fraction of sp³-hybridized carbons (Fsp3) is 0.250. The van der Waals surface area contributed by atoms with Crippen LogP contribution in [0.25, 0.3) is 21.3 Å². The summed E-state index contributed by atoms with van der Waals surface area (Å²) in [5, 5.41) is 14.8. The molecule has 6 nitrogen and oxygen atoms in total. The summed E-state index contributed by atoms with van der Waals surface area (Å²) in [5.41, 5.74) is 2.04. The van der Waals surface area contributed by atoms with Crippen LogP contribution in [0.4, 0.5) is 0 Å². The summed E-state index contributed by atoms with van der Waals surface area (Å²) in [7, 11) is 3.27. The largest absolute Gasteiger partial charge is 0.493 e. The van der Waals surface area contributed by atoms with E-state index in [0.29, 0.717) is 11.5 Å². The van der Waals surface area contributed by atoms with E-state index in [2.05, 4.69) is 38.5 Å². The molecule has 29 heavy (non-hydrogen) atoms. The first-order valence-corrected chi connectivity index (χ1v) is 11.7. The van der Waals surface area contributed by atoms with Crippen LogP contribution in [0.3, 0.4) is 0 Å². The van der Waals surface area contributed by atoms with Crippen molar-refractivity contribution in [3.8, 4) is 32.8 Å². The van der Waals surface area contributed by atoms with Crippen molar-refractivity contribution in [1.29, 1.82) is 0 Å². The molecule has 3 heterocycles. The zero-order valence-electron chi connectivity index (χ0n) is 16.3. The van der Waals surface area contributed by atoms with Gasteiger partial charge in [0.2, 0.25) is 0 Å². The summed E-state index contributed by atoms with van der Waals surface area (Å²) in [5.74, 6) is 3.08. The molecule has 9 heteroatoms. The number of aromatic nitrogens is 4. The summed E-state index contributed by atoms with van der Waals surface area (Å²) in [4.78, 5) is 5.92. The number of thiazole rings is 1. The number of ether oxygens (including phenoxy) is 2. The Bertz CT molecular complexity index is 1090. The maximum atomic E-state index is 5.40. The molecule has 150 valence electrons. The van der Waals surface area contributed by atoms with Gasteiger partial charge in [0.05, 0.1) is 24.8 Å². The first kappa shape index (κ1) is 19.9. The van der Waals surface area contributed by atoms with Crippen LogP contribution in [0.2, 0.25) is 0 Å². The van der Waals surface area contributed by atoms with E-state index in [1.165, 1.54) is 0 Å². The van der Waals surface area contributed by atoms with E-state index in [1.807, 2.05) is 24.3 Å². The molecule has 0 aliphatic rings. The summed E-state index contributed by atoms with van der Waals surface area (Å²) >= 11 is 4.96. The Hall–Kier alpha value is -2.36. The molecular formula is C20H20N4O2S3. The predicted molar refractivity (Wildman–Crippen MR) is 119 cm³/mol. The maximum Gasteiger partial charge on any atom is 0.191 e. The highest BCUT2D eigenvalue weighted by Crippen LogP contribution is 2.34. The Balaban J connectivity index is 1.49. The third-order valence-corrected chi connectivity index (χ3v) is 7.11. The lowest BCUT2D eigenvalue weighted by Gasteiger charge is -2.08. The molecule has 4 aromatic rings. The number of rotatable bonds is 8. The van der Waals surface area contributed by atoms with Gasteiger partial charge in [-0.25, -0.2) is 4.98 Å². The summed E-state index contributed by atoms with van der Waals surface area (Å²) < 4.78 is 12.9. The van der Waals surface area contributed by atoms with Crippen molar-refractivity contribution < 1.29 is 9.47 Å². The SMILES string of the molecule is CCn1c(SCc2csc(-c3ccc(OC)c(OC)c3)n2)nnc1-c1cccs1. The fourth-order valence-electron chi connectivity index (χ4n) is 2.88. The van der Waals surface area contributed by atoms with E-state index in [1.54, 1.807) is 48.7 Å². The minimum Gasteiger partial charge on any atom is -0.493 e. The van der Waals surface area contributed by atoms with Crippen molar-refractivity contribution >= 4 is 34.4 Å². The van der Waals surface area contributed by atoms with Crippen molar-refractivity contribution in [1.82, 2.24) is 19.7 Å². The van der Waals surface area contributed by atoms with Crippen molar-refractivity contribution in [2.45, 2.75) is 24.4 Å². The molecule has 0 saturated heterocycles. The Morgan fingerprint density at radius 3 is 2.66 bits per heavy atom. The number of benzene rings is 1. The molecule has 0 aliphatic carbocycles. The van der Waals surface area contributed by atoms with Crippen molar-refractivity contribution in [3.05, 3.63) is 46.8 Å². The molecule has 0 spiro atoms. The number of nitrogens with zero attached hydrogens (tertiary/aromatic N) is 4. The molecule has 0 aliphatic heterocycles. The van der Waals surface area contributed by atoms with Gasteiger partial charge >= 0.3 is 0 Å². The third-order valence-electron chi connectivity index (χ3n) is 4.31. The third kappa shape index (κ3) is 4.17. The van der Waals surface area contributed by atoms with Gasteiger partial charge in [0.15, 0.2) is 22.5 Å². The standard InChI is InChI=1S/C20H20N4O2S3/c1-4-24-18(17-6-5-9-27-17)22-23-20(24)29-12-14-11-28-19(21-14)13-7-8-15(25-2)16(10-13)26-3/h5-11H,4,12H2,1-3H3. The quantitative estimate of drug-likeness (QED) is 0.336. The molecule has 3 aromatic heterocycles. The second kappa shape index (κ2) is 8.98. The second-order valence-electron chi connectivity index (χ2n) is 6.03. The lowest BCUT2D eigenvalue weighted by atomic mass is 10.2. The maximum absolute atomic E-state index is 5.40. The van der Waals surface area contributed by atoms with E-state index in [9.17, 15) is 0 Å². The first-order valence-electron chi connectivity index (χ1n) is 9.00. The van der Waals surface area contributed by atoms with Gasteiger partial charge in [0.25, 0.3) is 0 Å². The smallest absolute Gasteiger partial charge is 0.191 e. The number of thioether (sulfide) groups is 1. The van der Waals surface area contributed by atoms with Crippen LogP contribution in [0.1, 0.15) is 12.6 Å². The first-order chi connectivity index (χ1) is 14.2.